The van der Waals surface area contributed by atoms with E-state index >= 15 is 0 Å². The third-order valence-electron chi connectivity index (χ3n) is 3.72. The SMILES string of the molecule is Cl.Cl.O=S(=O)(c1ccccc1)N1CCNCC1COc1cccnc1. The second-order valence-electron chi connectivity index (χ2n) is 5.29. The minimum atomic E-state index is -3.52. The summed E-state index contributed by atoms with van der Waals surface area (Å²) in [7, 11) is -3.52. The monoisotopic (exact) mass is 405 g/mol. The molecule has 0 amide bonds. The third-order valence-corrected chi connectivity index (χ3v) is 5.69. The van der Waals surface area contributed by atoms with Crippen LogP contribution in [0, 0.1) is 0 Å². The first-order valence-corrected chi connectivity index (χ1v) is 8.92. The first kappa shape index (κ1) is 21.7. The van der Waals surface area contributed by atoms with Crippen molar-refractivity contribution in [2.75, 3.05) is 26.2 Å². The van der Waals surface area contributed by atoms with Crippen molar-refractivity contribution in [3.8, 4) is 5.75 Å². The number of aromatic nitrogens is 1. The number of hydrogen-bond acceptors (Lipinski definition) is 5. The average Bonchev–Trinajstić information content (AvgIpc) is 2.62. The van der Waals surface area contributed by atoms with E-state index in [1.54, 1.807) is 54.9 Å². The number of nitrogens with one attached hydrogen (secondary N) is 1. The predicted octanol–water partition coefficient (Wildman–Crippen LogP) is 1.97. The fourth-order valence-electron chi connectivity index (χ4n) is 2.55. The Morgan fingerprint density at radius 1 is 1.16 bits per heavy atom. The highest BCUT2D eigenvalue weighted by atomic mass is 35.5. The predicted molar refractivity (Wildman–Crippen MR) is 101 cm³/mol. The topological polar surface area (TPSA) is 71.5 Å². The second kappa shape index (κ2) is 9.94. The maximum atomic E-state index is 12.8. The molecule has 1 aliphatic rings. The van der Waals surface area contributed by atoms with Crippen molar-refractivity contribution < 1.29 is 13.2 Å². The molecule has 1 aromatic carbocycles. The lowest BCUT2D eigenvalue weighted by atomic mass is 10.2. The number of ether oxygens (including phenoxy) is 1. The first-order valence-electron chi connectivity index (χ1n) is 7.48. The molecule has 0 bridgehead atoms. The van der Waals surface area contributed by atoms with Crippen molar-refractivity contribution >= 4 is 34.8 Å². The highest BCUT2D eigenvalue weighted by Crippen LogP contribution is 2.20. The highest BCUT2D eigenvalue weighted by Gasteiger charge is 2.33. The normalized spacial score (nSPS) is 17.8. The number of pyridine rings is 1. The van der Waals surface area contributed by atoms with Crippen LogP contribution in [0.2, 0.25) is 0 Å². The highest BCUT2D eigenvalue weighted by molar-refractivity contribution is 7.89. The van der Waals surface area contributed by atoms with E-state index in [1.165, 1.54) is 4.31 Å². The second-order valence-corrected chi connectivity index (χ2v) is 7.18. The molecule has 1 fully saturated rings. The van der Waals surface area contributed by atoms with Crippen LogP contribution in [0.15, 0.2) is 59.8 Å². The van der Waals surface area contributed by atoms with Crippen LogP contribution >= 0.6 is 24.8 Å². The Morgan fingerprint density at radius 3 is 2.60 bits per heavy atom. The molecule has 9 heteroatoms. The largest absolute Gasteiger partial charge is 0.490 e. The van der Waals surface area contributed by atoms with Crippen LogP contribution in [0.3, 0.4) is 0 Å². The standard InChI is InChI=1S/C16H19N3O3S.2ClH/c20-23(21,16-6-2-1-3-7-16)19-10-9-18-11-14(19)13-22-15-5-4-8-17-12-15;;/h1-8,12,14,18H,9-11,13H2;2*1H. The van der Waals surface area contributed by atoms with E-state index in [1.807, 2.05) is 0 Å². The van der Waals surface area contributed by atoms with Crippen LogP contribution in [0.1, 0.15) is 0 Å². The summed E-state index contributed by atoms with van der Waals surface area (Å²) in [6, 6.07) is 11.8. The van der Waals surface area contributed by atoms with Gasteiger partial charge in [-0.15, -0.1) is 24.8 Å². The Labute approximate surface area is 160 Å². The molecule has 1 aromatic heterocycles. The molecule has 1 saturated heterocycles. The van der Waals surface area contributed by atoms with E-state index in [9.17, 15) is 8.42 Å². The lowest BCUT2D eigenvalue weighted by molar-refractivity contribution is 0.179. The molecule has 1 atom stereocenters. The van der Waals surface area contributed by atoms with Crippen LogP contribution < -0.4 is 10.1 Å². The van der Waals surface area contributed by atoms with Gasteiger partial charge in [0, 0.05) is 25.8 Å². The van der Waals surface area contributed by atoms with Gasteiger partial charge in [0.1, 0.15) is 12.4 Å². The molecule has 0 spiro atoms. The molecular formula is C16H21Cl2N3O3S. The molecule has 2 aromatic rings. The van der Waals surface area contributed by atoms with Crippen LogP contribution in [0.4, 0.5) is 0 Å². The number of halogens is 2. The number of sulfonamides is 1. The fourth-order valence-corrected chi connectivity index (χ4v) is 4.18. The Bertz CT molecular complexity index is 733. The molecule has 1 aliphatic heterocycles. The van der Waals surface area contributed by atoms with Crippen molar-refractivity contribution in [3.63, 3.8) is 0 Å². The van der Waals surface area contributed by atoms with E-state index in [0.717, 1.165) is 0 Å². The minimum absolute atomic E-state index is 0. The Morgan fingerprint density at radius 2 is 1.92 bits per heavy atom. The molecule has 138 valence electrons. The molecule has 25 heavy (non-hydrogen) atoms. The van der Waals surface area contributed by atoms with Gasteiger partial charge in [-0.05, 0) is 24.3 Å². The molecule has 1 unspecified atom stereocenters. The van der Waals surface area contributed by atoms with Crippen LogP contribution in [0.5, 0.6) is 5.75 Å². The summed E-state index contributed by atoms with van der Waals surface area (Å²) >= 11 is 0. The molecule has 1 N–H and O–H groups in total. The summed E-state index contributed by atoms with van der Waals surface area (Å²) in [5, 5.41) is 3.22. The summed E-state index contributed by atoms with van der Waals surface area (Å²) in [5.74, 6) is 0.634. The van der Waals surface area contributed by atoms with Gasteiger partial charge in [0.05, 0.1) is 17.1 Å². The molecular weight excluding hydrogens is 385 g/mol. The Kier molecular flexibility index (Phi) is 8.61. The lowest BCUT2D eigenvalue weighted by Gasteiger charge is -2.34. The smallest absolute Gasteiger partial charge is 0.243 e. The van der Waals surface area contributed by atoms with Crippen molar-refractivity contribution in [1.29, 1.82) is 0 Å². The summed E-state index contributed by atoms with van der Waals surface area (Å²) in [6.45, 7) is 1.91. The van der Waals surface area contributed by atoms with E-state index in [2.05, 4.69) is 10.3 Å². The van der Waals surface area contributed by atoms with Gasteiger partial charge < -0.3 is 10.1 Å². The number of benzene rings is 1. The van der Waals surface area contributed by atoms with Crippen LogP contribution in [-0.4, -0.2) is 50.0 Å². The quantitative estimate of drug-likeness (QED) is 0.822. The maximum absolute atomic E-state index is 12.8. The van der Waals surface area contributed by atoms with Crippen LogP contribution in [-0.2, 0) is 10.0 Å². The van der Waals surface area contributed by atoms with Crippen molar-refractivity contribution in [2.24, 2.45) is 0 Å². The third kappa shape index (κ3) is 5.29. The summed E-state index contributed by atoms with van der Waals surface area (Å²) < 4.78 is 32.9. The molecule has 2 heterocycles. The van der Waals surface area contributed by atoms with Crippen molar-refractivity contribution in [2.45, 2.75) is 10.9 Å². The van der Waals surface area contributed by atoms with Gasteiger partial charge in [0.15, 0.2) is 0 Å². The zero-order chi connectivity index (χ0) is 16.1. The lowest BCUT2D eigenvalue weighted by Crippen LogP contribution is -2.55. The Balaban J connectivity index is 0.00000156. The first-order chi connectivity index (χ1) is 11.2. The molecule has 0 saturated carbocycles. The van der Waals surface area contributed by atoms with Crippen LogP contribution in [0.25, 0.3) is 0 Å². The summed E-state index contributed by atoms with van der Waals surface area (Å²) in [4.78, 5) is 4.30. The van der Waals surface area contributed by atoms with Gasteiger partial charge in [0.25, 0.3) is 0 Å². The number of rotatable bonds is 5. The van der Waals surface area contributed by atoms with E-state index in [-0.39, 0.29) is 37.5 Å². The van der Waals surface area contributed by atoms with Crippen molar-refractivity contribution in [1.82, 2.24) is 14.6 Å². The molecule has 3 rings (SSSR count). The fraction of sp³-hybridized carbons (Fsp3) is 0.312. The number of nitrogens with zero attached hydrogens (tertiary/aromatic N) is 2. The maximum Gasteiger partial charge on any atom is 0.243 e. The summed E-state index contributed by atoms with van der Waals surface area (Å²) in [5.41, 5.74) is 0. The van der Waals surface area contributed by atoms with Gasteiger partial charge in [-0.3, -0.25) is 4.98 Å². The van der Waals surface area contributed by atoms with E-state index in [4.69, 9.17) is 4.74 Å². The van der Waals surface area contributed by atoms with Gasteiger partial charge >= 0.3 is 0 Å². The number of hydrogen-bond donors (Lipinski definition) is 1. The summed E-state index contributed by atoms with van der Waals surface area (Å²) in [6.07, 6.45) is 3.29. The van der Waals surface area contributed by atoms with E-state index < -0.39 is 10.0 Å². The van der Waals surface area contributed by atoms with Crippen molar-refractivity contribution in [3.05, 3.63) is 54.9 Å². The van der Waals surface area contributed by atoms with Gasteiger partial charge in [-0.1, -0.05) is 18.2 Å². The van der Waals surface area contributed by atoms with Gasteiger partial charge in [-0.2, -0.15) is 4.31 Å². The zero-order valence-electron chi connectivity index (χ0n) is 13.4. The average molecular weight is 406 g/mol. The van der Waals surface area contributed by atoms with Gasteiger partial charge in [-0.25, -0.2) is 8.42 Å². The van der Waals surface area contributed by atoms with Gasteiger partial charge in [0.2, 0.25) is 10.0 Å². The molecule has 6 nitrogen and oxygen atoms in total. The number of piperazine rings is 1. The molecule has 0 aliphatic carbocycles. The molecule has 0 radical (unpaired) electrons. The zero-order valence-corrected chi connectivity index (χ0v) is 15.9. The Hall–Kier alpha value is -1.38. The van der Waals surface area contributed by atoms with E-state index in [0.29, 0.717) is 30.3 Å². The minimum Gasteiger partial charge on any atom is -0.490 e.